The Morgan fingerprint density at radius 1 is 1.00 bits per heavy atom. The van der Waals surface area contributed by atoms with Crippen LogP contribution in [-0.4, -0.2) is 13.2 Å². The third-order valence-electron chi connectivity index (χ3n) is 0.471. The second-order valence-corrected chi connectivity index (χ2v) is 1.11. The van der Waals surface area contributed by atoms with E-state index < -0.39 is 0 Å². The van der Waals surface area contributed by atoms with Crippen molar-refractivity contribution in [1.82, 2.24) is 0 Å². The molecule has 0 aromatic carbocycles. The normalized spacial score (nSPS) is 6.67. The lowest BCUT2D eigenvalue weighted by Gasteiger charge is -1.89. The average Bonchev–Trinajstić information content (AvgIpc) is 1.94. The average molecular weight is 126 g/mol. The Morgan fingerprint density at radius 3 is 1.56 bits per heavy atom. The van der Waals surface area contributed by atoms with Crippen LogP contribution in [0.3, 0.4) is 0 Å². The van der Waals surface area contributed by atoms with Gasteiger partial charge in [0.15, 0.2) is 0 Å². The zero-order valence-corrected chi connectivity index (χ0v) is 5.81. The highest BCUT2D eigenvalue weighted by atomic mass is 16.5. The van der Waals surface area contributed by atoms with Gasteiger partial charge >= 0.3 is 0 Å². The van der Waals surface area contributed by atoms with Crippen molar-refractivity contribution in [2.24, 2.45) is 0 Å². The summed E-state index contributed by atoms with van der Waals surface area (Å²) >= 11 is 0. The Bertz CT molecular complexity index is 59.0. The Labute approximate surface area is 57.3 Å². The molecular weight excluding hydrogens is 112 g/mol. The van der Waals surface area contributed by atoms with Crippen LogP contribution in [0.15, 0.2) is 38.5 Å². The molecule has 0 aromatic heterocycles. The molecule has 9 heavy (non-hydrogen) atoms. The summed E-state index contributed by atoms with van der Waals surface area (Å²) < 4.78 is 4.90. The van der Waals surface area contributed by atoms with E-state index in [9.17, 15) is 0 Å². The van der Waals surface area contributed by atoms with Crippen molar-refractivity contribution in [3.05, 3.63) is 38.5 Å². The van der Waals surface area contributed by atoms with Gasteiger partial charge in [0.05, 0.1) is 13.2 Å². The Hall–Kier alpha value is -0.820. The minimum absolute atomic E-state index is 0.617. The van der Waals surface area contributed by atoms with E-state index in [2.05, 4.69) is 26.3 Å². The minimum Gasteiger partial charge on any atom is -0.373 e. The fraction of sp³-hybridized carbons (Fsp3) is 0.250. The van der Waals surface area contributed by atoms with Crippen LogP contribution < -0.4 is 0 Å². The lowest BCUT2D eigenvalue weighted by atomic mass is 10.6. The van der Waals surface area contributed by atoms with E-state index in [1.807, 2.05) is 0 Å². The molecule has 0 rings (SSSR count). The molecule has 1 heteroatoms. The van der Waals surface area contributed by atoms with Crippen LogP contribution >= 0.6 is 0 Å². The van der Waals surface area contributed by atoms with Gasteiger partial charge in [-0.15, -0.1) is 26.3 Å². The van der Waals surface area contributed by atoms with Gasteiger partial charge in [-0.1, -0.05) is 12.2 Å². The summed E-state index contributed by atoms with van der Waals surface area (Å²) in [6.45, 7) is 14.2. The van der Waals surface area contributed by atoms with Crippen molar-refractivity contribution in [3.63, 3.8) is 0 Å². The van der Waals surface area contributed by atoms with Gasteiger partial charge in [0, 0.05) is 0 Å². The fourth-order valence-corrected chi connectivity index (χ4v) is 0.235. The lowest BCUT2D eigenvalue weighted by molar-refractivity contribution is 0.194. The number of rotatable bonds is 4. The molecule has 0 aromatic rings. The molecule has 0 heterocycles. The highest BCUT2D eigenvalue weighted by Gasteiger charge is 1.70. The summed E-state index contributed by atoms with van der Waals surface area (Å²) in [4.78, 5) is 0. The van der Waals surface area contributed by atoms with Crippen LogP contribution in [0.25, 0.3) is 0 Å². The smallest absolute Gasteiger partial charge is 0.0649 e. The van der Waals surface area contributed by atoms with Crippen LogP contribution in [0, 0.1) is 0 Å². The van der Waals surface area contributed by atoms with E-state index in [0.29, 0.717) is 13.2 Å². The highest BCUT2D eigenvalue weighted by Crippen LogP contribution is 1.72. The van der Waals surface area contributed by atoms with Gasteiger partial charge in [-0.05, 0) is 0 Å². The van der Waals surface area contributed by atoms with Crippen LogP contribution in [0.1, 0.15) is 0 Å². The number of hydrogen-bond donors (Lipinski definition) is 0. The summed E-state index contributed by atoms with van der Waals surface area (Å²) in [6, 6.07) is 0. The Kier molecular flexibility index (Phi) is 19.3. The second-order valence-electron chi connectivity index (χ2n) is 1.11. The molecule has 0 saturated carbocycles. The van der Waals surface area contributed by atoms with E-state index >= 15 is 0 Å². The molecule has 0 spiro atoms. The standard InChI is InChI=1S/C6H10O.C2H4/c1-3-5-7-6-4-2;1-2/h3-4H,1-2,5-6H2;1-2H2. The van der Waals surface area contributed by atoms with Crippen molar-refractivity contribution in [3.8, 4) is 0 Å². The van der Waals surface area contributed by atoms with Gasteiger partial charge in [-0.2, -0.15) is 0 Å². The van der Waals surface area contributed by atoms with E-state index in [4.69, 9.17) is 4.74 Å². The molecule has 52 valence electrons. The first-order valence-electron chi connectivity index (χ1n) is 2.71. The molecule has 0 N–H and O–H groups in total. The number of ether oxygens (including phenoxy) is 1. The molecular formula is C8H14O. The van der Waals surface area contributed by atoms with E-state index in [1.54, 1.807) is 12.2 Å². The van der Waals surface area contributed by atoms with Crippen LogP contribution in [0.2, 0.25) is 0 Å². The first-order chi connectivity index (χ1) is 4.41. The largest absolute Gasteiger partial charge is 0.373 e. The second kappa shape index (κ2) is 15.7. The maximum atomic E-state index is 4.90. The molecule has 0 fully saturated rings. The molecule has 0 atom stereocenters. The zero-order chi connectivity index (χ0) is 7.54. The van der Waals surface area contributed by atoms with E-state index in [1.165, 1.54) is 0 Å². The maximum absolute atomic E-state index is 4.90. The predicted molar refractivity (Wildman–Crippen MR) is 42.5 cm³/mol. The first-order valence-corrected chi connectivity index (χ1v) is 2.71. The lowest BCUT2D eigenvalue weighted by Crippen LogP contribution is -1.87. The first kappa shape index (κ1) is 11.0. The SMILES string of the molecule is C=C.C=CCOCC=C. The van der Waals surface area contributed by atoms with Gasteiger partial charge in [-0.25, -0.2) is 0 Å². The molecule has 0 aliphatic carbocycles. The van der Waals surface area contributed by atoms with Gasteiger partial charge in [-0.3, -0.25) is 0 Å². The van der Waals surface area contributed by atoms with Crippen LogP contribution in [0.4, 0.5) is 0 Å². The summed E-state index contributed by atoms with van der Waals surface area (Å²) in [5.41, 5.74) is 0. The van der Waals surface area contributed by atoms with Gasteiger partial charge in [0.2, 0.25) is 0 Å². The molecule has 0 unspecified atom stereocenters. The molecule has 0 bridgehead atoms. The summed E-state index contributed by atoms with van der Waals surface area (Å²) in [6.07, 6.45) is 3.42. The summed E-state index contributed by atoms with van der Waals surface area (Å²) in [7, 11) is 0. The van der Waals surface area contributed by atoms with E-state index in [0.717, 1.165) is 0 Å². The third-order valence-corrected chi connectivity index (χ3v) is 0.471. The zero-order valence-electron chi connectivity index (χ0n) is 5.81. The Morgan fingerprint density at radius 2 is 1.33 bits per heavy atom. The van der Waals surface area contributed by atoms with Gasteiger partial charge in [0.1, 0.15) is 0 Å². The highest BCUT2D eigenvalue weighted by molar-refractivity contribution is 4.68. The monoisotopic (exact) mass is 126 g/mol. The van der Waals surface area contributed by atoms with Crippen LogP contribution in [-0.2, 0) is 4.74 Å². The van der Waals surface area contributed by atoms with E-state index in [-0.39, 0.29) is 0 Å². The maximum Gasteiger partial charge on any atom is 0.0649 e. The number of hydrogen-bond acceptors (Lipinski definition) is 1. The van der Waals surface area contributed by atoms with Crippen LogP contribution in [0.5, 0.6) is 0 Å². The molecule has 0 aliphatic rings. The summed E-state index contributed by atoms with van der Waals surface area (Å²) in [5, 5.41) is 0. The molecule has 0 radical (unpaired) electrons. The van der Waals surface area contributed by atoms with Crippen molar-refractivity contribution in [2.75, 3.05) is 13.2 Å². The molecule has 0 saturated heterocycles. The van der Waals surface area contributed by atoms with Crippen molar-refractivity contribution in [2.45, 2.75) is 0 Å². The van der Waals surface area contributed by atoms with Crippen molar-refractivity contribution in [1.29, 1.82) is 0 Å². The van der Waals surface area contributed by atoms with Gasteiger partial charge < -0.3 is 4.74 Å². The third kappa shape index (κ3) is 19.1. The Balaban J connectivity index is 0. The summed E-state index contributed by atoms with van der Waals surface area (Å²) in [5.74, 6) is 0. The fourth-order valence-electron chi connectivity index (χ4n) is 0.235. The predicted octanol–water partition coefficient (Wildman–Crippen LogP) is 2.18. The van der Waals surface area contributed by atoms with Crippen molar-refractivity contribution >= 4 is 0 Å². The topological polar surface area (TPSA) is 9.23 Å². The minimum atomic E-state index is 0.617. The molecule has 0 amide bonds. The molecule has 1 nitrogen and oxygen atoms in total. The quantitative estimate of drug-likeness (QED) is 0.414. The molecule has 0 aliphatic heterocycles. The van der Waals surface area contributed by atoms with Crippen molar-refractivity contribution < 1.29 is 4.74 Å². The van der Waals surface area contributed by atoms with Gasteiger partial charge in [0.25, 0.3) is 0 Å².